The van der Waals surface area contributed by atoms with Crippen molar-refractivity contribution in [3.05, 3.63) is 64.9 Å². The Hall–Kier alpha value is -1.87. The molecule has 2 nitrogen and oxygen atoms in total. The van der Waals surface area contributed by atoms with E-state index >= 15 is 0 Å². The Kier molecular flexibility index (Phi) is 2.99. The highest BCUT2D eigenvalue weighted by Gasteiger charge is 2.02. The van der Waals surface area contributed by atoms with E-state index in [1.54, 1.807) is 11.3 Å². The Balaban J connectivity index is 1.83. The van der Waals surface area contributed by atoms with Crippen LogP contribution in [0.25, 0.3) is 11.1 Å². The number of aromatic nitrogens is 2. The normalized spacial score (nSPS) is 10.7. The lowest BCUT2D eigenvalue weighted by atomic mass is 10.0. The van der Waals surface area contributed by atoms with Crippen LogP contribution in [0.5, 0.6) is 0 Å². The van der Waals surface area contributed by atoms with Crippen LogP contribution in [0.1, 0.15) is 11.1 Å². The second kappa shape index (κ2) is 4.78. The first kappa shape index (κ1) is 11.2. The fourth-order valence-electron chi connectivity index (χ4n) is 2.04. The van der Waals surface area contributed by atoms with Gasteiger partial charge >= 0.3 is 0 Å². The zero-order chi connectivity index (χ0) is 12.4. The van der Waals surface area contributed by atoms with Gasteiger partial charge in [-0.3, -0.25) is 0 Å². The Bertz CT molecular complexity index is 621. The smallest absolute Gasteiger partial charge is 0.0949 e. The van der Waals surface area contributed by atoms with Gasteiger partial charge in [0.15, 0.2) is 0 Å². The maximum Gasteiger partial charge on any atom is 0.0949 e. The monoisotopic (exact) mass is 254 g/mol. The van der Waals surface area contributed by atoms with Crippen LogP contribution < -0.4 is 0 Å². The Morgan fingerprint density at radius 2 is 2.00 bits per heavy atom. The number of aryl methyl sites for hydroxylation is 1. The molecular weight excluding hydrogens is 240 g/mol. The van der Waals surface area contributed by atoms with Crippen LogP contribution in [0.2, 0.25) is 0 Å². The molecule has 2 aromatic heterocycles. The summed E-state index contributed by atoms with van der Waals surface area (Å²) in [6, 6.07) is 8.77. The molecule has 0 aliphatic rings. The summed E-state index contributed by atoms with van der Waals surface area (Å²) in [6.45, 7) is 3.04. The molecule has 0 bridgehead atoms. The van der Waals surface area contributed by atoms with E-state index in [9.17, 15) is 0 Å². The van der Waals surface area contributed by atoms with E-state index in [1.165, 1.54) is 22.3 Å². The first-order valence-corrected chi connectivity index (χ1v) is 6.85. The highest BCUT2D eigenvalue weighted by Crippen LogP contribution is 2.26. The summed E-state index contributed by atoms with van der Waals surface area (Å²) >= 11 is 1.76. The summed E-state index contributed by atoms with van der Waals surface area (Å²) in [5.41, 5.74) is 5.28. The second-order valence-corrected chi connectivity index (χ2v) is 5.14. The van der Waals surface area contributed by atoms with Crippen molar-refractivity contribution in [2.24, 2.45) is 0 Å². The minimum atomic E-state index is 0.878. The molecule has 0 aliphatic heterocycles. The molecule has 1 aromatic carbocycles. The van der Waals surface area contributed by atoms with E-state index in [1.807, 2.05) is 18.7 Å². The average molecular weight is 254 g/mol. The van der Waals surface area contributed by atoms with E-state index in [2.05, 4.69) is 51.5 Å². The second-order valence-electron chi connectivity index (χ2n) is 4.40. The number of hydrogen-bond donors (Lipinski definition) is 0. The van der Waals surface area contributed by atoms with Gasteiger partial charge in [0.05, 0.1) is 6.33 Å². The predicted octanol–water partition coefficient (Wildman–Crippen LogP) is 3.97. The number of thiophene rings is 1. The molecule has 90 valence electrons. The van der Waals surface area contributed by atoms with Crippen LogP contribution >= 0.6 is 11.3 Å². The molecule has 0 fully saturated rings. The van der Waals surface area contributed by atoms with Crippen molar-refractivity contribution in [3.63, 3.8) is 0 Å². The summed E-state index contributed by atoms with van der Waals surface area (Å²) in [5, 5.41) is 4.40. The molecular formula is C15H14N2S. The molecule has 0 N–H and O–H groups in total. The van der Waals surface area contributed by atoms with Crippen LogP contribution in [0.15, 0.2) is 53.7 Å². The minimum Gasteiger partial charge on any atom is -0.333 e. The lowest BCUT2D eigenvalue weighted by Gasteiger charge is -2.05. The number of rotatable bonds is 3. The third-order valence-corrected chi connectivity index (χ3v) is 3.91. The third-order valence-electron chi connectivity index (χ3n) is 3.04. The van der Waals surface area contributed by atoms with Gasteiger partial charge in [-0.15, -0.1) is 0 Å². The van der Waals surface area contributed by atoms with Gasteiger partial charge in [0.2, 0.25) is 0 Å². The van der Waals surface area contributed by atoms with Crippen LogP contribution in [0.4, 0.5) is 0 Å². The van der Waals surface area contributed by atoms with E-state index in [0.29, 0.717) is 0 Å². The summed E-state index contributed by atoms with van der Waals surface area (Å²) < 4.78 is 2.07. The van der Waals surface area contributed by atoms with Gasteiger partial charge in [0.1, 0.15) is 0 Å². The average Bonchev–Trinajstić information content (AvgIpc) is 3.02. The predicted molar refractivity (Wildman–Crippen MR) is 75.8 cm³/mol. The molecule has 0 radical (unpaired) electrons. The summed E-state index contributed by atoms with van der Waals surface area (Å²) in [7, 11) is 0. The molecule has 3 rings (SSSR count). The highest BCUT2D eigenvalue weighted by atomic mass is 32.1. The number of benzene rings is 1. The minimum absolute atomic E-state index is 0.878. The zero-order valence-corrected chi connectivity index (χ0v) is 11.0. The molecule has 0 unspecified atom stereocenters. The number of hydrogen-bond acceptors (Lipinski definition) is 2. The molecule has 0 amide bonds. The highest BCUT2D eigenvalue weighted by molar-refractivity contribution is 7.08. The Morgan fingerprint density at radius 1 is 1.17 bits per heavy atom. The SMILES string of the molecule is Cc1cscc1-c1ccc(Cn2ccnc2)cc1. The van der Waals surface area contributed by atoms with Gasteiger partial charge in [-0.05, 0) is 39.9 Å². The van der Waals surface area contributed by atoms with Crippen LogP contribution in [-0.4, -0.2) is 9.55 Å². The molecule has 2 heterocycles. The van der Waals surface area contributed by atoms with Crippen LogP contribution in [-0.2, 0) is 6.54 Å². The van der Waals surface area contributed by atoms with Gasteiger partial charge < -0.3 is 4.57 Å². The standard InChI is InChI=1S/C15H14N2S/c1-12-9-18-10-15(12)14-4-2-13(3-5-14)8-17-7-6-16-11-17/h2-7,9-11H,8H2,1H3. The van der Waals surface area contributed by atoms with Crippen LogP contribution in [0.3, 0.4) is 0 Å². The fourth-order valence-corrected chi connectivity index (χ4v) is 2.89. The fraction of sp³-hybridized carbons (Fsp3) is 0.133. The van der Waals surface area contributed by atoms with E-state index < -0.39 is 0 Å². The quantitative estimate of drug-likeness (QED) is 0.691. The Morgan fingerprint density at radius 3 is 2.61 bits per heavy atom. The molecule has 0 saturated carbocycles. The molecule has 3 heteroatoms. The first-order chi connectivity index (χ1) is 8.83. The Labute approximate surface area is 111 Å². The van der Waals surface area contributed by atoms with Crippen molar-refractivity contribution in [3.8, 4) is 11.1 Å². The van der Waals surface area contributed by atoms with Crippen molar-refractivity contribution >= 4 is 11.3 Å². The van der Waals surface area contributed by atoms with Crippen molar-refractivity contribution in [1.29, 1.82) is 0 Å². The van der Waals surface area contributed by atoms with E-state index in [4.69, 9.17) is 0 Å². The van der Waals surface area contributed by atoms with Crippen molar-refractivity contribution < 1.29 is 0 Å². The lowest BCUT2D eigenvalue weighted by Crippen LogP contribution is -1.95. The maximum absolute atomic E-state index is 4.05. The molecule has 0 aliphatic carbocycles. The molecule has 3 aromatic rings. The van der Waals surface area contributed by atoms with Gasteiger partial charge in [-0.25, -0.2) is 4.98 Å². The van der Waals surface area contributed by atoms with Gasteiger partial charge in [0.25, 0.3) is 0 Å². The largest absolute Gasteiger partial charge is 0.333 e. The topological polar surface area (TPSA) is 17.8 Å². The van der Waals surface area contributed by atoms with E-state index in [0.717, 1.165) is 6.54 Å². The number of imidazole rings is 1. The molecule has 0 spiro atoms. The van der Waals surface area contributed by atoms with Crippen molar-refractivity contribution in [2.75, 3.05) is 0 Å². The van der Waals surface area contributed by atoms with Crippen molar-refractivity contribution in [1.82, 2.24) is 9.55 Å². The molecule has 0 saturated heterocycles. The number of nitrogens with zero attached hydrogens (tertiary/aromatic N) is 2. The zero-order valence-electron chi connectivity index (χ0n) is 10.2. The van der Waals surface area contributed by atoms with Gasteiger partial charge in [-0.1, -0.05) is 24.3 Å². The van der Waals surface area contributed by atoms with Crippen LogP contribution in [0, 0.1) is 6.92 Å². The first-order valence-electron chi connectivity index (χ1n) is 5.91. The maximum atomic E-state index is 4.05. The summed E-state index contributed by atoms with van der Waals surface area (Å²) in [4.78, 5) is 4.05. The lowest BCUT2D eigenvalue weighted by molar-refractivity contribution is 0.797. The van der Waals surface area contributed by atoms with Gasteiger partial charge in [0, 0.05) is 18.9 Å². The third kappa shape index (κ3) is 2.22. The van der Waals surface area contributed by atoms with Gasteiger partial charge in [-0.2, -0.15) is 11.3 Å². The summed E-state index contributed by atoms with van der Waals surface area (Å²) in [6.07, 6.45) is 5.64. The van der Waals surface area contributed by atoms with E-state index in [-0.39, 0.29) is 0 Å². The molecule has 18 heavy (non-hydrogen) atoms. The van der Waals surface area contributed by atoms with Crippen molar-refractivity contribution in [2.45, 2.75) is 13.5 Å². The summed E-state index contributed by atoms with van der Waals surface area (Å²) in [5.74, 6) is 0. The molecule has 0 atom stereocenters.